The van der Waals surface area contributed by atoms with E-state index in [4.69, 9.17) is 0 Å². The van der Waals surface area contributed by atoms with Crippen molar-refractivity contribution in [2.45, 2.75) is 32.9 Å². The van der Waals surface area contributed by atoms with E-state index < -0.39 is 6.10 Å². The Kier molecular flexibility index (Phi) is 6.09. The van der Waals surface area contributed by atoms with Crippen LogP contribution in [0, 0.1) is 5.82 Å². The first-order valence-corrected chi connectivity index (χ1v) is 6.43. The first kappa shape index (κ1) is 14.9. The normalized spacial score (nSPS) is 12.5. The number of nitrogens with zero attached hydrogens (tertiary/aromatic N) is 1. The lowest BCUT2D eigenvalue weighted by molar-refractivity contribution is 0.201. The third-order valence-electron chi connectivity index (χ3n) is 2.73. The third kappa shape index (κ3) is 4.63. The summed E-state index contributed by atoms with van der Waals surface area (Å²) in [7, 11) is 1.91. The van der Waals surface area contributed by atoms with E-state index in [-0.39, 0.29) is 5.82 Å². The minimum atomic E-state index is -0.406. The number of hydrogen-bond acceptors (Lipinski definition) is 3. The lowest BCUT2D eigenvalue weighted by atomic mass is 10.1. The minimum absolute atomic E-state index is 0.225. The quantitative estimate of drug-likeness (QED) is 0.732. The number of hydrogen-bond donors (Lipinski definition) is 2. The van der Waals surface area contributed by atoms with Gasteiger partial charge < -0.3 is 15.3 Å². The highest BCUT2D eigenvalue weighted by atomic mass is 19.1. The van der Waals surface area contributed by atoms with Gasteiger partial charge >= 0.3 is 0 Å². The molecule has 0 aliphatic rings. The van der Waals surface area contributed by atoms with Crippen LogP contribution in [0.15, 0.2) is 18.2 Å². The van der Waals surface area contributed by atoms with Crippen molar-refractivity contribution in [1.29, 1.82) is 0 Å². The minimum Gasteiger partial charge on any atom is -0.392 e. The second-order valence-corrected chi connectivity index (χ2v) is 4.68. The van der Waals surface area contributed by atoms with Crippen LogP contribution in [-0.4, -0.2) is 31.3 Å². The van der Waals surface area contributed by atoms with Gasteiger partial charge in [-0.25, -0.2) is 4.39 Å². The van der Waals surface area contributed by atoms with Gasteiger partial charge in [0, 0.05) is 25.8 Å². The van der Waals surface area contributed by atoms with Crippen molar-refractivity contribution in [2.75, 3.05) is 25.0 Å². The smallest absolute Gasteiger partial charge is 0.123 e. The van der Waals surface area contributed by atoms with Crippen LogP contribution in [0.2, 0.25) is 0 Å². The van der Waals surface area contributed by atoms with E-state index in [1.807, 2.05) is 11.9 Å². The molecule has 18 heavy (non-hydrogen) atoms. The zero-order valence-electron chi connectivity index (χ0n) is 11.4. The second kappa shape index (κ2) is 7.34. The van der Waals surface area contributed by atoms with E-state index in [1.54, 1.807) is 19.1 Å². The predicted molar refractivity (Wildman–Crippen MR) is 73.3 cm³/mol. The van der Waals surface area contributed by atoms with Crippen LogP contribution in [0.4, 0.5) is 10.1 Å². The highest BCUT2D eigenvalue weighted by Crippen LogP contribution is 2.21. The van der Waals surface area contributed by atoms with Crippen LogP contribution in [-0.2, 0) is 6.54 Å². The molecule has 1 atom stereocenters. The monoisotopic (exact) mass is 254 g/mol. The van der Waals surface area contributed by atoms with Crippen molar-refractivity contribution >= 4 is 5.69 Å². The maximum absolute atomic E-state index is 13.3. The van der Waals surface area contributed by atoms with Crippen LogP contribution < -0.4 is 10.2 Å². The molecule has 102 valence electrons. The van der Waals surface area contributed by atoms with Crippen LogP contribution >= 0.6 is 0 Å². The van der Waals surface area contributed by atoms with Crippen LogP contribution in [0.1, 0.15) is 25.8 Å². The number of aliphatic hydroxyl groups is 1. The summed E-state index contributed by atoms with van der Waals surface area (Å²) in [6.07, 6.45) is 0.644. The Bertz CT molecular complexity index is 369. The van der Waals surface area contributed by atoms with Crippen molar-refractivity contribution in [3.63, 3.8) is 0 Å². The van der Waals surface area contributed by atoms with E-state index in [2.05, 4.69) is 12.2 Å². The number of rotatable bonds is 7. The molecule has 0 saturated carbocycles. The summed E-state index contributed by atoms with van der Waals surface area (Å²) >= 11 is 0. The first-order chi connectivity index (χ1) is 8.54. The molecule has 1 aromatic carbocycles. The van der Waals surface area contributed by atoms with Gasteiger partial charge in [-0.2, -0.15) is 0 Å². The van der Waals surface area contributed by atoms with Gasteiger partial charge in [-0.3, -0.25) is 0 Å². The summed E-state index contributed by atoms with van der Waals surface area (Å²) in [6.45, 7) is 5.93. The topological polar surface area (TPSA) is 35.5 Å². The van der Waals surface area contributed by atoms with Gasteiger partial charge in [0.2, 0.25) is 0 Å². The fourth-order valence-corrected chi connectivity index (χ4v) is 1.96. The van der Waals surface area contributed by atoms with E-state index in [1.165, 1.54) is 6.07 Å². The molecule has 3 nitrogen and oxygen atoms in total. The maximum Gasteiger partial charge on any atom is 0.123 e. The summed E-state index contributed by atoms with van der Waals surface area (Å²) in [5, 5.41) is 12.7. The highest BCUT2D eigenvalue weighted by molar-refractivity contribution is 5.53. The molecule has 0 aliphatic carbocycles. The summed E-state index contributed by atoms with van der Waals surface area (Å²) in [4.78, 5) is 1.95. The van der Waals surface area contributed by atoms with Crippen molar-refractivity contribution in [2.24, 2.45) is 0 Å². The van der Waals surface area contributed by atoms with Crippen LogP contribution in [0.25, 0.3) is 0 Å². The molecular formula is C14H23FN2O. The maximum atomic E-state index is 13.3. The van der Waals surface area contributed by atoms with Crippen molar-refractivity contribution in [3.05, 3.63) is 29.6 Å². The lowest BCUT2D eigenvalue weighted by Crippen LogP contribution is -2.28. The molecule has 1 unspecified atom stereocenters. The molecule has 1 rings (SSSR count). The Morgan fingerprint density at radius 2 is 2.17 bits per heavy atom. The molecule has 0 fully saturated rings. The van der Waals surface area contributed by atoms with Gasteiger partial charge in [0.1, 0.15) is 5.82 Å². The lowest BCUT2D eigenvalue weighted by Gasteiger charge is -2.24. The van der Waals surface area contributed by atoms with E-state index >= 15 is 0 Å². The van der Waals surface area contributed by atoms with Gasteiger partial charge in [-0.1, -0.05) is 6.92 Å². The molecule has 4 heteroatoms. The van der Waals surface area contributed by atoms with E-state index in [0.717, 1.165) is 24.2 Å². The molecule has 0 heterocycles. The summed E-state index contributed by atoms with van der Waals surface area (Å²) in [6, 6.07) is 4.77. The largest absolute Gasteiger partial charge is 0.392 e. The SMILES string of the molecule is CCCNCc1cc(F)ccc1N(C)CC(C)O. The van der Waals surface area contributed by atoms with E-state index in [9.17, 15) is 9.50 Å². The predicted octanol–water partition coefficient (Wildman–Crippen LogP) is 2.14. The number of likely N-dealkylation sites (N-methyl/N-ethyl adjacent to an activating group) is 1. The zero-order valence-corrected chi connectivity index (χ0v) is 11.4. The molecule has 0 amide bonds. The zero-order chi connectivity index (χ0) is 13.5. The highest BCUT2D eigenvalue weighted by Gasteiger charge is 2.10. The first-order valence-electron chi connectivity index (χ1n) is 6.43. The number of benzene rings is 1. The summed E-state index contributed by atoms with van der Waals surface area (Å²) in [5.41, 5.74) is 1.88. The number of nitrogens with one attached hydrogen (secondary N) is 1. The van der Waals surface area contributed by atoms with Gasteiger partial charge in [0.15, 0.2) is 0 Å². The molecule has 1 aromatic rings. The standard InChI is InChI=1S/C14H23FN2O/c1-4-7-16-9-12-8-13(15)5-6-14(12)17(3)10-11(2)18/h5-6,8,11,16,18H,4,7,9-10H2,1-3H3. The average molecular weight is 254 g/mol. The molecule has 0 aromatic heterocycles. The van der Waals surface area contributed by atoms with E-state index in [0.29, 0.717) is 13.1 Å². The number of anilines is 1. The van der Waals surface area contributed by atoms with Gasteiger partial charge in [-0.15, -0.1) is 0 Å². The fraction of sp³-hybridized carbons (Fsp3) is 0.571. The van der Waals surface area contributed by atoms with Crippen molar-refractivity contribution in [1.82, 2.24) is 5.32 Å². The Balaban J connectivity index is 2.81. The Morgan fingerprint density at radius 1 is 1.44 bits per heavy atom. The van der Waals surface area contributed by atoms with Crippen LogP contribution in [0.3, 0.4) is 0 Å². The fourth-order valence-electron chi connectivity index (χ4n) is 1.96. The van der Waals surface area contributed by atoms with Crippen molar-refractivity contribution < 1.29 is 9.50 Å². The molecule has 0 saturated heterocycles. The van der Waals surface area contributed by atoms with Crippen molar-refractivity contribution in [3.8, 4) is 0 Å². The molecule has 0 bridgehead atoms. The average Bonchev–Trinajstić information content (AvgIpc) is 2.28. The van der Waals surface area contributed by atoms with Gasteiger partial charge in [0.05, 0.1) is 6.10 Å². The Labute approximate surface area is 109 Å². The number of halogens is 1. The Hall–Kier alpha value is -1.13. The molecule has 0 spiro atoms. The van der Waals surface area contributed by atoms with Gasteiger partial charge in [0.25, 0.3) is 0 Å². The van der Waals surface area contributed by atoms with Crippen LogP contribution in [0.5, 0.6) is 0 Å². The molecule has 0 aliphatic heterocycles. The number of aliphatic hydroxyl groups excluding tert-OH is 1. The molecular weight excluding hydrogens is 231 g/mol. The second-order valence-electron chi connectivity index (χ2n) is 4.68. The molecule has 2 N–H and O–H groups in total. The Morgan fingerprint density at radius 3 is 2.78 bits per heavy atom. The third-order valence-corrected chi connectivity index (χ3v) is 2.73. The summed E-state index contributed by atoms with van der Waals surface area (Å²) in [5.74, 6) is -0.225. The molecule has 0 radical (unpaired) electrons. The summed E-state index contributed by atoms with van der Waals surface area (Å²) < 4.78 is 13.3. The van der Waals surface area contributed by atoms with Gasteiger partial charge in [-0.05, 0) is 43.7 Å².